The second-order valence-corrected chi connectivity index (χ2v) is 10.4. The average molecular weight is 499 g/mol. The number of anilines is 1. The molecule has 2 aliphatic rings. The van der Waals surface area contributed by atoms with Gasteiger partial charge in [-0.1, -0.05) is 11.6 Å². The minimum atomic E-state index is -0.609. The summed E-state index contributed by atoms with van der Waals surface area (Å²) in [5, 5.41) is 11.9. The number of amides is 2. The number of rotatable bonds is 5. The van der Waals surface area contributed by atoms with Gasteiger partial charge in [0.15, 0.2) is 0 Å². The number of hydrogen-bond donors (Lipinski definition) is 4. The Morgan fingerprint density at radius 2 is 2.06 bits per heavy atom. The van der Waals surface area contributed by atoms with Crippen molar-refractivity contribution in [2.45, 2.75) is 44.4 Å². The molecule has 0 spiro atoms. The summed E-state index contributed by atoms with van der Waals surface area (Å²) in [6, 6.07) is 5.07. The number of H-pyrrole nitrogens is 1. The number of aromatic nitrogens is 2. The van der Waals surface area contributed by atoms with E-state index in [-0.39, 0.29) is 31.0 Å². The van der Waals surface area contributed by atoms with Gasteiger partial charge in [-0.2, -0.15) is 0 Å². The molecule has 35 heavy (non-hydrogen) atoms. The van der Waals surface area contributed by atoms with Gasteiger partial charge in [-0.3, -0.25) is 19.5 Å². The van der Waals surface area contributed by atoms with Crippen molar-refractivity contribution in [3.05, 3.63) is 35.6 Å². The van der Waals surface area contributed by atoms with Crippen LogP contribution in [0.15, 0.2) is 30.6 Å². The van der Waals surface area contributed by atoms with E-state index in [0.717, 1.165) is 47.7 Å². The van der Waals surface area contributed by atoms with Crippen LogP contribution in [0.4, 0.5) is 5.69 Å². The highest BCUT2D eigenvalue weighted by Crippen LogP contribution is 2.33. The number of carbonyl (C=O) groups excluding carboxylic acids is 2. The van der Waals surface area contributed by atoms with E-state index >= 15 is 0 Å². The van der Waals surface area contributed by atoms with E-state index in [9.17, 15) is 9.59 Å². The SMILES string of the molecule is CC1(C)CN(CC(=O)NC2CCNCC2)[C@H](C(=O)Nc2cc(Cl)cc3c2[nH]c2cnccc23)CO1. The molecule has 4 N–H and O–H groups in total. The van der Waals surface area contributed by atoms with E-state index in [1.807, 2.05) is 30.9 Å². The van der Waals surface area contributed by atoms with Crippen molar-refractivity contribution in [2.24, 2.45) is 0 Å². The molecule has 2 saturated heterocycles. The highest BCUT2D eigenvalue weighted by molar-refractivity contribution is 6.33. The summed E-state index contributed by atoms with van der Waals surface area (Å²) in [7, 11) is 0. The lowest BCUT2D eigenvalue weighted by Gasteiger charge is -2.42. The third-order valence-corrected chi connectivity index (χ3v) is 6.96. The van der Waals surface area contributed by atoms with Crippen molar-refractivity contribution in [2.75, 3.05) is 38.1 Å². The van der Waals surface area contributed by atoms with Crippen LogP contribution in [0.1, 0.15) is 26.7 Å². The lowest BCUT2D eigenvalue weighted by molar-refractivity contribution is -0.147. The minimum Gasteiger partial charge on any atom is -0.372 e. The van der Waals surface area contributed by atoms with Crippen molar-refractivity contribution in [1.82, 2.24) is 25.5 Å². The number of halogens is 1. The number of nitrogens with one attached hydrogen (secondary N) is 4. The smallest absolute Gasteiger partial charge is 0.244 e. The molecule has 1 aromatic carbocycles. The first kappa shape index (κ1) is 24.0. The molecule has 9 nitrogen and oxygen atoms in total. The highest BCUT2D eigenvalue weighted by Gasteiger charge is 2.39. The lowest BCUT2D eigenvalue weighted by Crippen LogP contribution is -2.60. The third kappa shape index (κ3) is 5.28. The summed E-state index contributed by atoms with van der Waals surface area (Å²) in [4.78, 5) is 35.8. The number of fused-ring (bicyclic) bond motifs is 3. The third-order valence-electron chi connectivity index (χ3n) is 6.74. The number of benzene rings is 1. The van der Waals surface area contributed by atoms with Crippen LogP contribution >= 0.6 is 11.6 Å². The Hall–Kier alpha value is -2.72. The molecule has 0 radical (unpaired) electrons. The largest absolute Gasteiger partial charge is 0.372 e. The zero-order valence-electron chi connectivity index (χ0n) is 20.0. The Bertz CT molecular complexity index is 1250. The van der Waals surface area contributed by atoms with Crippen molar-refractivity contribution < 1.29 is 14.3 Å². The van der Waals surface area contributed by atoms with Gasteiger partial charge in [-0.15, -0.1) is 0 Å². The minimum absolute atomic E-state index is 0.0688. The molecule has 0 saturated carbocycles. The van der Waals surface area contributed by atoms with Gasteiger partial charge < -0.3 is 25.7 Å². The van der Waals surface area contributed by atoms with Crippen molar-refractivity contribution in [1.29, 1.82) is 0 Å². The summed E-state index contributed by atoms with van der Waals surface area (Å²) in [5.74, 6) is -0.309. The molecular weight excluding hydrogens is 468 g/mol. The van der Waals surface area contributed by atoms with Crippen LogP contribution in [0.25, 0.3) is 21.8 Å². The first-order valence-corrected chi connectivity index (χ1v) is 12.4. The van der Waals surface area contributed by atoms with E-state index in [2.05, 4.69) is 25.9 Å². The van der Waals surface area contributed by atoms with Gasteiger partial charge in [0.05, 0.1) is 41.7 Å². The first-order chi connectivity index (χ1) is 16.8. The Morgan fingerprint density at radius 3 is 2.86 bits per heavy atom. The van der Waals surface area contributed by atoms with Gasteiger partial charge in [0, 0.05) is 34.6 Å². The maximum Gasteiger partial charge on any atom is 0.244 e. The normalized spacial score (nSPS) is 21.3. The molecule has 186 valence electrons. The summed E-state index contributed by atoms with van der Waals surface area (Å²) in [6.45, 7) is 6.54. The highest BCUT2D eigenvalue weighted by atomic mass is 35.5. The number of piperidine rings is 1. The van der Waals surface area contributed by atoms with Crippen LogP contribution in [0.2, 0.25) is 5.02 Å². The van der Waals surface area contributed by atoms with E-state index in [4.69, 9.17) is 16.3 Å². The van der Waals surface area contributed by atoms with Gasteiger partial charge in [0.25, 0.3) is 0 Å². The van der Waals surface area contributed by atoms with Gasteiger partial charge in [-0.05, 0) is 58.0 Å². The quantitative estimate of drug-likeness (QED) is 0.430. The summed E-state index contributed by atoms with van der Waals surface area (Å²) in [6.07, 6.45) is 5.29. The maximum absolute atomic E-state index is 13.5. The van der Waals surface area contributed by atoms with Crippen LogP contribution in [-0.4, -0.2) is 77.2 Å². The molecule has 2 aromatic heterocycles. The molecule has 2 amide bonds. The molecule has 5 rings (SSSR count). The average Bonchev–Trinajstić information content (AvgIpc) is 3.18. The molecule has 4 heterocycles. The Kier molecular flexibility index (Phi) is 6.67. The molecule has 10 heteroatoms. The number of pyridine rings is 1. The monoisotopic (exact) mass is 498 g/mol. The number of morpholine rings is 1. The Labute approximate surface area is 208 Å². The molecular formula is C25H31ClN6O3. The van der Waals surface area contributed by atoms with Crippen LogP contribution < -0.4 is 16.0 Å². The topological polar surface area (TPSA) is 111 Å². The number of aromatic amines is 1. The van der Waals surface area contributed by atoms with Gasteiger partial charge in [0.2, 0.25) is 11.8 Å². The van der Waals surface area contributed by atoms with Crippen LogP contribution in [-0.2, 0) is 14.3 Å². The second-order valence-electron chi connectivity index (χ2n) is 9.99. The Morgan fingerprint density at radius 1 is 1.26 bits per heavy atom. The molecule has 0 aliphatic carbocycles. The zero-order valence-corrected chi connectivity index (χ0v) is 20.7. The van der Waals surface area contributed by atoms with Crippen LogP contribution in [0, 0.1) is 0 Å². The number of carbonyl (C=O) groups is 2. The van der Waals surface area contributed by atoms with Crippen molar-refractivity contribution in [3.8, 4) is 0 Å². The molecule has 3 aromatic rings. The first-order valence-electron chi connectivity index (χ1n) is 12.0. The van der Waals surface area contributed by atoms with Gasteiger partial charge in [0.1, 0.15) is 6.04 Å². The lowest BCUT2D eigenvalue weighted by atomic mass is 10.0. The van der Waals surface area contributed by atoms with Crippen molar-refractivity contribution >= 4 is 50.9 Å². The molecule has 2 aliphatic heterocycles. The number of hydrogen-bond acceptors (Lipinski definition) is 6. The molecule has 0 bridgehead atoms. The number of nitrogens with zero attached hydrogens (tertiary/aromatic N) is 2. The summed E-state index contributed by atoms with van der Waals surface area (Å²) in [5.41, 5.74) is 1.76. The number of ether oxygens (including phenoxy) is 1. The van der Waals surface area contributed by atoms with Crippen molar-refractivity contribution in [3.63, 3.8) is 0 Å². The van der Waals surface area contributed by atoms with E-state index < -0.39 is 11.6 Å². The molecule has 1 atom stereocenters. The fraction of sp³-hybridized carbons (Fsp3) is 0.480. The van der Waals surface area contributed by atoms with Gasteiger partial charge >= 0.3 is 0 Å². The fourth-order valence-electron chi connectivity index (χ4n) is 5.02. The molecule has 0 unspecified atom stereocenters. The predicted molar refractivity (Wildman–Crippen MR) is 137 cm³/mol. The zero-order chi connectivity index (χ0) is 24.6. The molecule has 2 fully saturated rings. The van der Waals surface area contributed by atoms with Gasteiger partial charge in [-0.25, -0.2) is 0 Å². The summed E-state index contributed by atoms with van der Waals surface area (Å²) < 4.78 is 5.97. The Balaban J connectivity index is 1.36. The van der Waals surface area contributed by atoms with Crippen LogP contribution in [0.5, 0.6) is 0 Å². The maximum atomic E-state index is 13.5. The predicted octanol–water partition coefficient (Wildman–Crippen LogP) is 2.66. The second kappa shape index (κ2) is 9.73. The fourth-order valence-corrected chi connectivity index (χ4v) is 5.24. The van der Waals surface area contributed by atoms with Crippen LogP contribution in [0.3, 0.4) is 0 Å². The van der Waals surface area contributed by atoms with E-state index in [0.29, 0.717) is 17.3 Å². The van der Waals surface area contributed by atoms with E-state index in [1.165, 1.54) is 0 Å². The standard InChI is InChI=1S/C25H31ClN6O3/c1-25(2)14-32(12-22(33)29-16-3-6-27-7-4-16)21(13-35-25)24(34)31-19-10-15(26)9-18-17-5-8-28-11-20(17)30-23(18)19/h5,8-11,16,21,27,30H,3-4,6-7,12-14H2,1-2H3,(H,29,33)(H,31,34)/t21-/m0/s1. The van der Waals surface area contributed by atoms with E-state index in [1.54, 1.807) is 18.5 Å². The summed E-state index contributed by atoms with van der Waals surface area (Å²) >= 11 is 6.40.